The highest BCUT2D eigenvalue weighted by Gasteiger charge is 2.21. The number of rotatable bonds is 3. The van der Waals surface area contributed by atoms with Crippen molar-refractivity contribution in [2.75, 3.05) is 11.1 Å². The fourth-order valence-corrected chi connectivity index (χ4v) is 2.72. The minimum atomic E-state index is -1.20. The zero-order valence-corrected chi connectivity index (χ0v) is 12.7. The van der Waals surface area contributed by atoms with Crippen molar-refractivity contribution in [1.29, 1.82) is 0 Å². The number of halogens is 2. The number of nitrogens with one attached hydrogen (secondary N) is 1. The molecule has 0 spiro atoms. The second-order valence-corrected chi connectivity index (χ2v) is 5.34. The first kappa shape index (κ1) is 14.5. The van der Waals surface area contributed by atoms with Crippen LogP contribution in [0.4, 0.5) is 11.5 Å². The quantitative estimate of drug-likeness (QED) is 0.712. The number of carbonyl (C=O) groups excluding carboxylic acids is 1. The highest BCUT2D eigenvalue weighted by atomic mass is 79.9. The number of anilines is 2. The predicted molar refractivity (Wildman–Crippen MR) is 75.5 cm³/mol. The standard InChI is InChI=1S/C10H6Br2N4O4/c11-3-1-4(10(18)19)6(5(12)2-3)14-9(17)7-8(13)16-20-15-7/h1-2H,(H2,13,16)(H,14,17)(H,18,19). The van der Waals surface area contributed by atoms with Crippen LogP contribution < -0.4 is 11.1 Å². The summed E-state index contributed by atoms with van der Waals surface area (Å²) < 4.78 is 5.24. The Morgan fingerprint density at radius 3 is 2.55 bits per heavy atom. The number of aromatic nitrogens is 2. The molecule has 1 amide bonds. The number of carboxylic acids is 1. The fourth-order valence-electron chi connectivity index (χ4n) is 1.40. The third-order valence-electron chi connectivity index (χ3n) is 2.25. The van der Waals surface area contributed by atoms with E-state index in [9.17, 15) is 9.59 Å². The predicted octanol–water partition coefficient (Wildman–Crippen LogP) is 2.13. The molecule has 1 aromatic carbocycles. The number of hydrogen-bond donors (Lipinski definition) is 3. The number of hydrogen-bond acceptors (Lipinski definition) is 6. The molecule has 8 nitrogen and oxygen atoms in total. The van der Waals surface area contributed by atoms with E-state index in [1.165, 1.54) is 6.07 Å². The van der Waals surface area contributed by atoms with E-state index >= 15 is 0 Å². The molecule has 0 atom stereocenters. The van der Waals surface area contributed by atoms with E-state index in [-0.39, 0.29) is 22.8 Å². The maximum atomic E-state index is 11.9. The molecule has 0 bridgehead atoms. The van der Waals surface area contributed by atoms with Crippen molar-refractivity contribution in [3.05, 3.63) is 32.3 Å². The number of nitrogen functional groups attached to an aromatic ring is 1. The number of aromatic carboxylic acids is 1. The number of carbonyl (C=O) groups is 2. The molecule has 0 saturated heterocycles. The Balaban J connectivity index is 2.41. The van der Waals surface area contributed by atoms with E-state index in [4.69, 9.17) is 10.8 Å². The number of benzene rings is 1. The van der Waals surface area contributed by atoms with Crippen molar-refractivity contribution in [3.63, 3.8) is 0 Å². The van der Waals surface area contributed by atoms with Crippen LogP contribution in [0.3, 0.4) is 0 Å². The lowest BCUT2D eigenvalue weighted by Gasteiger charge is -2.10. The normalized spacial score (nSPS) is 10.3. The van der Waals surface area contributed by atoms with Crippen molar-refractivity contribution in [2.45, 2.75) is 0 Å². The molecule has 4 N–H and O–H groups in total. The maximum Gasteiger partial charge on any atom is 0.337 e. The van der Waals surface area contributed by atoms with E-state index in [2.05, 4.69) is 52.1 Å². The largest absolute Gasteiger partial charge is 0.478 e. The van der Waals surface area contributed by atoms with Crippen molar-refractivity contribution in [2.24, 2.45) is 0 Å². The van der Waals surface area contributed by atoms with E-state index < -0.39 is 11.9 Å². The Hall–Kier alpha value is -1.94. The van der Waals surface area contributed by atoms with Crippen molar-refractivity contribution in [1.82, 2.24) is 10.3 Å². The van der Waals surface area contributed by atoms with Crippen LogP contribution in [-0.2, 0) is 0 Å². The Morgan fingerprint density at radius 1 is 1.30 bits per heavy atom. The van der Waals surface area contributed by atoms with Crippen LogP contribution in [-0.4, -0.2) is 27.3 Å². The van der Waals surface area contributed by atoms with Crippen LogP contribution in [0, 0.1) is 0 Å². The highest BCUT2D eigenvalue weighted by Crippen LogP contribution is 2.31. The lowest BCUT2D eigenvalue weighted by molar-refractivity contribution is 0.0698. The molecule has 104 valence electrons. The second kappa shape index (κ2) is 5.59. The molecule has 0 fully saturated rings. The summed E-state index contributed by atoms with van der Waals surface area (Å²) in [5.74, 6) is -2.12. The zero-order valence-electron chi connectivity index (χ0n) is 9.55. The van der Waals surface area contributed by atoms with Gasteiger partial charge in [0.05, 0.1) is 11.3 Å². The average molecular weight is 406 g/mol. The van der Waals surface area contributed by atoms with Gasteiger partial charge in [-0.1, -0.05) is 15.9 Å². The van der Waals surface area contributed by atoms with Gasteiger partial charge in [0.15, 0.2) is 0 Å². The van der Waals surface area contributed by atoms with Crippen LogP contribution in [0.25, 0.3) is 0 Å². The van der Waals surface area contributed by atoms with Gasteiger partial charge in [-0.25, -0.2) is 9.42 Å². The highest BCUT2D eigenvalue weighted by molar-refractivity contribution is 9.11. The summed E-state index contributed by atoms with van der Waals surface area (Å²) in [5, 5.41) is 18.2. The molecule has 2 aromatic rings. The van der Waals surface area contributed by atoms with E-state index in [1.54, 1.807) is 6.07 Å². The molecule has 2 rings (SSSR count). The first-order valence-corrected chi connectivity index (χ1v) is 6.60. The van der Waals surface area contributed by atoms with Crippen LogP contribution in [0.1, 0.15) is 20.8 Å². The molecule has 20 heavy (non-hydrogen) atoms. The fraction of sp³-hybridized carbons (Fsp3) is 0. The minimum Gasteiger partial charge on any atom is -0.478 e. The molecule has 0 aliphatic carbocycles. The minimum absolute atomic E-state index is 0.0769. The van der Waals surface area contributed by atoms with Crippen molar-refractivity contribution in [3.8, 4) is 0 Å². The van der Waals surface area contributed by atoms with Crippen LogP contribution >= 0.6 is 31.9 Å². The lowest BCUT2D eigenvalue weighted by Crippen LogP contribution is -2.17. The number of nitrogens with two attached hydrogens (primary N) is 1. The number of amides is 1. The molecule has 1 aromatic heterocycles. The Bertz CT molecular complexity index is 701. The molecule has 10 heteroatoms. The molecular formula is C10H6Br2N4O4. The summed E-state index contributed by atoms with van der Waals surface area (Å²) in [7, 11) is 0. The van der Waals surface area contributed by atoms with Gasteiger partial charge in [-0.05, 0) is 38.4 Å². The van der Waals surface area contributed by atoms with Crippen LogP contribution in [0.15, 0.2) is 25.7 Å². The van der Waals surface area contributed by atoms with Gasteiger partial charge in [0.25, 0.3) is 5.91 Å². The van der Waals surface area contributed by atoms with Gasteiger partial charge in [0.2, 0.25) is 11.5 Å². The van der Waals surface area contributed by atoms with Crippen molar-refractivity contribution >= 4 is 55.2 Å². The zero-order chi connectivity index (χ0) is 14.9. The summed E-state index contributed by atoms with van der Waals surface area (Å²) in [6, 6.07) is 2.94. The number of nitrogens with zero attached hydrogens (tertiary/aromatic N) is 2. The Labute approximate surface area is 128 Å². The van der Waals surface area contributed by atoms with E-state index in [0.717, 1.165) is 0 Å². The third-order valence-corrected chi connectivity index (χ3v) is 3.34. The summed E-state index contributed by atoms with van der Waals surface area (Å²) in [6.45, 7) is 0. The SMILES string of the molecule is Nc1nonc1C(=O)Nc1c(Br)cc(Br)cc1C(=O)O. The molecular weight excluding hydrogens is 400 g/mol. The Kier molecular flexibility index (Phi) is 4.04. The molecule has 0 unspecified atom stereocenters. The lowest BCUT2D eigenvalue weighted by atomic mass is 10.1. The van der Waals surface area contributed by atoms with Crippen LogP contribution in [0.2, 0.25) is 0 Å². The van der Waals surface area contributed by atoms with Gasteiger partial charge < -0.3 is 16.2 Å². The maximum absolute atomic E-state index is 11.9. The summed E-state index contributed by atoms with van der Waals surface area (Å²) >= 11 is 6.35. The number of carboxylic acid groups (broad SMARTS) is 1. The summed E-state index contributed by atoms with van der Waals surface area (Å²) in [5.41, 5.74) is 5.14. The van der Waals surface area contributed by atoms with Crippen LogP contribution in [0.5, 0.6) is 0 Å². The second-order valence-electron chi connectivity index (χ2n) is 3.57. The topological polar surface area (TPSA) is 131 Å². The molecule has 0 saturated carbocycles. The van der Waals surface area contributed by atoms with Gasteiger partial charge in [0.1, 0.15) is 0 Å². The molecule has 0 aliphatic heterocycles. The van der Waals surface area contributed by atoms with Gasteiger partial charge in [-0.3, -0.25) is 4.79 Å². The Morgan fingerprint density at radius 2 is 2.00 bits per heavy atom. The van der Waals surface area contributed by atoms with Gasteiger partial charge in [0, 0.05) is 8.95 Å². The monoisotopic (exact) mass is 404 g/mol. The van der Waals surface area contributed by atoms with E-state index in [1.807, 2.05) is 0 Å². The third kappa shape index (κ3) is 2.80. The smallest absolute Gasteiger partial charge is 0.337 e. The van der Waals surface area contributed by atoms with Gasteiger partial charge >= 0.3 is 5.97 Å². The molecule has 0 radical (unpaired) electrons. The molecule has 1 heterocycles. The van der Waals surface area contributed by atoms with Gasteiger partial charge in [-0.15, -0.1) is 0 Å². The van der Waals surface area contributed by atoms with E-state index in [0.29, 0.717) is 8.95 Å². The first-order chi connectivity index (χ1) is 9.40. The van der Waals surface area contributed by atoms with Crippen molar-refractivity contribution < 1.29 is 19.3 Å². The molecule has 0 aliphatic rings. The summed E-state index contributed by atoms with van der Waals surface area (Å²) in [6.07, 6.45) is 0. The summed E-state index contributed by atoms with van der Waals surface area (Å²) in [4.78, 5) is 23.1. The van der Waals surface area contributed by atoms with Gasteiger partial charge in [-0.2, -0.15) is 0 Å². The average Bonchev–Trinajstić information content (AvgIpc) is 2.78. The first-order valence-electron chi connectivity index (χ1n) is 5.02.